The maximum Gasteiger partial charge on any atom is 0.343 e. The molecule has 0 spiro atoms. The van der Waals surface area contributed by atoms with Crippen LogP contribution in [0.4, 0.5) is 0 Å². The van der Waals surface area contributed by atoms with Crippen molar-refractivity contribution in [2.24, 2.45) is 0 Å². The van der Waals surface area contributed by atoms with Crippen molar-refractivity contribution in [2.45, 2.75) is 0 Å². The molecule has 0 amide bonds. The van der Waals surface area contributed by atoms with Crippen LogP contribution in [0.5, 0.6) is 5.75 Å². The number of ketones is 1. The van der Waals surface area contributed by atoms with E-state index in [0.717, 1.165) is 0 Å². The minimum atomic E-state index is -0.690. The molecule has 5 nitrogen and oxygen atoms in total. The van der Waals surface area contributed by atoms with Crippen molar-refractivity contribution >= 4 is 40.9 Å². The van der Waals surface area contributed by atoms with Gasteiger partial charge in [-0.15, -0.1) is 0 Å². The molecule has 0 unspecified atom stereocenters. The Balaban J connectivity index is 1.56. The molecule has 0 heterocycles. The highest BCUT2D eigenvalue weighted by atomic mass is 35.5. The molecule has 3 aromatic carbocycles. The number of carbonyl (C=O) groups excluding carboxylic acids is 3. The zero-order chi connectivity index (χ0) is 20.8. The summed E-state index contributed by atoms with van der Waals surface area (Å²) in [5.74, 6) is -1.30. The maximum absolute atomic E-state index is 12.2. The lowest BCUT2D eigenvalue weighted by Gasteiger charge is -2.07. The van der Waals surface area contributed by atoms with Gasteiger partial charge in [-0.05, 0) is 54.6 Å². The van der Waals surface area contributed by atoms with Crippen LogP contribution in [0.3, 0.4) is 0 Å². The number of rotatable bonds is 6. The lowest BCUT2D eigenvalue weighted by Crippen LogP contribution is -2.14. The van der Waals surface area contributed by atoms with Gasteiger partial charge in [0.25, 0.3) is 0 Å². The topological polar surface area (TPSA) is 69.7 Å². The minimum Gasteiger partial charge on any atom is -0.454 e. The predicted molar refractivity (Wildman–Crippen MR) is 109 cm³/mol. The van der Waals surface area contributed by atoms with E-state index in [9.17, 15) is 14.4 Å². The van der Waals surface area contributed by atoms with Crippen molar-refractivity contribution < 1.29 is 23.9 Å². The fourth-order valence-corrected chi connectivity index (χ4v) is 2.67. The van der Waals surface area contributed by atoms with Gasteiger partial charge in [-0.25, -0.2) is 9.59 Å². The fraction of sp³-hybridized carbons (Fsp3) is 0.0455. The van der Waals surface area contributed by atoms with Crippen LogP contribution in [0.25, 0.3) is 0 Å². The Morgan fingerprint density at radius 2 is 1.34 bits per heavy atom. The molecule has 0 bridgehead atoms. The molecule has 0 N–H and O–H groups in total. The van der Waals surface area contributed by atoms with E-state index in [1.807, 2.05) is 0 Å². The van der Waals surface area contributed by atoms with Gasteiger partial charge in [0.2, 0.25) is 0 Å². The summed E-state index contributed by atoms with van der Waals surface area (Å²) >= 11 is 11.7. The second kappa shape index (κ2) is 9.37. The third-order valence-electron chi connectivity index (χ3n) is 3.89. The van der Waals surface area contributed by atoms with E-state index >= 15 is 0 Å². The van der Waals surface area contributed by atoms with Gasteiger partial charge in [-0.2, -0.15) is 0 Å². The van der Waals surface area contributed by atoms with Crippen LogP contribution in [0.2, 0.25) is 10.0 Å². The van der Waals surface area contributed by atoms with E-state index in [-0.39, 0.29) is 10.6 Å². The van der Waals surface area contributed by atoms with Crippen molar-refractivity contribution in [2.75, 3.05) is 6.61 Å². The van der Waals surface area contributed by atoms with Crippen molar-refractivity contribution in [1.29, 1.82) is 0 Å². The zero-order valence-electron chi connectivity index (χ0n) is 14.9. The van der Waals surface area contributed by atoms with E-state index in [1.165, 1.54) is 42.5 Å². The van der Waals surface area contributed by atoms with Crippen molar-refractivity contribution in [3.05, 3.63) is 99.5 Å². The first-order chi connectivity index (χ1) is 13.9. The Morgan fingerprint density at radius 3 is 2.00 bits per heavy atom. The molecule has 0 aliphatic rings. The van der Waals surface area contributed by atoms with Crippen LogP contribution in [-0.2, 0) is 4.74 Å². The lowest BCUT2D eigenvalue weighted by atomic mass is 10.1. The Kier molecular flexibility index (Phi) is 6.65. The van der Waals surface area contributed by atoms with Crippen LogP contribution in [-0.4, -0.2) is 24.3 Å². The molecule has 0 radical (unpaired) electrons. The summed E-state index contributed by atoms with van der Waals surface area (Å²) in [6, 6.07) is 18.8. The second-order valence-electron chi connectivity index (χ2n) is 5.91. The standard InChI is InChI=1S/C22H14Cl2O5/c23-18-11-8-16(12-19(18)24)21(26)28-13-20(25)14-6-9-17(10-7-14)29-22(27)15-4-2-1-3-5-15/h1-12H,13H2. The Labute approximate surface area is 176 Å². The van der Waals surface area contributed by atoms with Gasteiger partial charge in [0.05, 0.1) is 21.2 Å². The average Bonchev–Trinajstić information content (AvgIpc) is 2.74. The molecule has 3 rings (SSSR count). The number of carbonyl (C=O) groups is 3. The van der Waals surface area contributed by atoms with Crippen LogP contribution in [0, 0.1) is 0 Å². The van der Waals surface area contributed by atoms with Crippen molar-refractivity contribution in [1.82, 2.24) is 0 Å². The summed E-state index contributed by atoms with van der Waals surface area (Å²) in [7, 11) is 0. The van der Waals surface area contributed by atoms with E-state index in [0.29, 0.717) is 21.9 Å². The Hall–Kier alpha value is -3.15. The molecule has 3 aromatic rings. The molecule has 0 atom stereocenters. The third kappa shape index (κ3) is 5.44. The zero-order valence-corrected chi connectivity index (χ0v) is 16.4. The molecule has 29 heavy (non-hydrogen) atoms. The Bertz CT molecular complexity index is 1050. The second-order valence-corrected chi connectivity index (χ2v) is 6.72. The fourth-order valence-electron chi connectivity index (χ4n) is 2.37. The summed E-state index contributed by atoms with van der Waals surface area (Å²) in [5, 5.41) is 0.528. The maximum atomic E-state index is 12.2. The number of Topliss-reactive ketones (excluding diaryl/α,β-unsaturated/α-hetero) is 1. The lowest BCUT2D eigenvalue weighted by molar-refractivity contribution is 0.0474. The first-order valence-electron chi connectivity index (χ1n) is 8.47. The molecule has 7 heteroatoms. The molecule has 0 saturated carbocycles. The minimum absolute atomic E-state index is 0.190. The highest BCUT2D eigenvalue weighted by Crippen LogP contribution is 2.23. The van der Waals surface area contributed by atoms with E-state index < -0.39 is 24.3 Å². The molecule has 0 saturated heterocycles. The van der Waals surface area contributed by atoms with E-state index in [2.05, 4.69) is 0 Å². The number of esters is 2. The molecular formula is C22H14Cl2O5. The smallest absolute Gasteiger partial charge is 0.343 e. The number of hydrogen-bond acceptors (Lipinski definition) is 5. The number of halogens is 2. The van der Waals surface area contributed by atoms with Crippen LogP contribution < -0.4 is 4.74 Å². The quantitative estimate of drug-likeness (QED) is 0.304. The van der Waals surface area contributed by atoms with Crippen molar-refractivity contribution in [3.63, 3.8) is 0 Å². The molecule has 0 aliphatic carbocycles. The summed E-state index contributed by atoms with van der Waals surface area (Å²) < 4.78 is 10.3. The monoisotopic (exact) mass is 428 g/mol. The highest BCUT2D eigenvalue weighted by molar-refractivity contribution is 6.42. The molecule has 146 valence electrons. The largest absolute Gasteiger partial charge is 0.454 e. The van der Waals surface area contributed by atoms with E-state index in [1.54, 1.807) is 30.3 Å². The summed E-state index contributed by atoms with van der Waals surface area (Å²) in [6.45, 7) is -0.442. The summed E-state index contributed by atoms with van der Waals surface area (Å²) in [4.78, 5) is 36.3. The first-order valence-corrected chi connectivity index (χ1v) is 9.22. The molecule has 0 aromatic heterocycles. The van der Waals surface area contributed by atoms with Gasteiger partial charge in [-0.1, -0.05) is 41.4 Å². The first kappa shape index (κ1) is 20.6. The third-order valence-corrected chi connectivity index (χ3v) is 4.63. The van der Waals surface area contributed by atoms with Crippen LogP contribution >= 0.6 is 23.2 Å². The highest BCUT2D eigenvalue weighted by Gasteiger charge is 2.14. The van der Waals surface area contributed by atoms with E-state index in [4.69, 9.17) is 32.7 Å². The van der Waals surface area contributed by atoms with Crippen LogP contribution in [0.15, 0.2) is 72.8 Å². The predicted octanol–water partition coefficient (Wildman–Crippen LogP) is 5.25. The molecule has 0 aliphatic heterocycles. The summed E-state index contributed by atoms with van der Waals surface area (Å²) in [5.41, 5.74) is 0.920. The Morgan fingerprint density at radius 1 is 0.690 bits per heavy atom. The van der Waals surface area contributed by atoms with Gasteiger partial charge in [-0.3, -0.25) is 4.79 Å². The number of benzene rings is 3. The van der Waals surface area contributed by atoms with Crippen molar-refractivity contribution in [3.8, 4) is 5.75 Å². The van der Waals surface area contributed by atoms with Gasteiger partial charge >= 0.3 is 11.9 Å². The SMILES string of the molecule is O=C(COC(=O)c1ccc(Cl)c(Cl)c1)c1ccc(OC(=O)c2ccccc2)cc1. The molecule has 0 fully saturated rings. The van der Waals surface area contributed by atoms with Gasteiger partial charge in [0, 0.05) is 5.56 Å². The van der Waals surface area contributed by atoms with Gasteiger partial charge in [0.15, 0.2) is 12.4 Å². The van der Waals surface area contributed by atoms with Crippen LogP contribution in [0.1, 0.15) is 31.1 Å². The summed E-state index contributed by atoms with van der Waals surface area (Å²) in [6.07, 6.45) is 0. The van der Waals surface area contributed by atoms with Gasteiger partial charge < -0.3 is 9.47 Å². The molecular weight excluding hydrogens is 415 g/mol. The number of hydrogen-bond donors (Lipinski definition) is 0. The van der Waals surface area contributed by atoms with Gasteiger partial charge in [0.1, 0.15) is 5.75 Å². The number of ether oxygens (including phenoxy) is 2. The average molecular weight is 429 g/mol. The normalized spacial score (nSPS) is 10.3.